The summed E-state index contributed by atoms with van der Waals surface area (Å²) in [6.45, 7) is 1.39. The second-order valence-electron chi connectivity index (χ2n) is 5.50. The molecular weight excluding hydrogens is 364 g/mol. The molecule has 0 aromatic heterocycles. The molecule has 2 aromatic rings. The quantitative estimate of drug-likeness (QED) is 0.770. The summed E-state index contributed by atoms with van der Waals surface area (Å²) >= 11 is 0. The Morgan fingerprint density at radius 3 is 2.04 bits per heavy atom. The molecule has 0 radical (unpaired) electrons. The number of ketones is 1. The van der Waals surface area contributed by atoms with E-state index < -0.39 is 20.0 Å². The fourth-order valence-corrected chi connectivity index (χ4v) is 4.01. The van der Waals surface area contributed by atoms with Crippen molar-refractivity contribution in [2.24, 2.45) is 0 Å². The van der Waals surface area contributed by atoms with Crippen LogP contribution >= 0.6 is 0 Å². The molecule has 0 amide bonds. The van der Waals surface area contributed by atoms with E-state index in [-0.39, 0.29) is 21.3 Å². The Labute approximate surface area is 147 Å². The standard InChI is InChI=1S/C16H18N2O5S2/c1-12(19)13-7-9-15(10-8-13)24(20,21)17-14-5-4-6-16(11-14)25(22,23)18(2)3/h4-11,17H,1-3H3. The monoisotopic (exact) mass is 382 g/mol. The molecule has 0 fully saturated rings. The molecule has 0 unspecified atom stereocenters. The van der Waals surface area contributed by atoms with Crippen LogP contribution in [0.1, 0.15) is 17.3 Å². The van der Waals surface area contributed by atoms with E-state index in [1.165, 1.54) is 69.6 Å². The summed E-state index contributed by atoms with van der Waals surface area (Å²) in [5.41, 5.74) is 0.525. The Morgan fingerprint density at radius 1 is 0.920 bits per heavy atom. The van der Waals surface area contributed by atoms with Crippen molar-refractivity contribution in [1.82, 2.24) is 4.31 Å². The number of nitrogens with zero attached hydrogens (tertiary/aromatic N) is 1. The highest BCUT2D eigenvalue weighted by molar-refractivity contribution is 7.92. The number of Topliss-reactive ketones (excluding diaryl/α,β-unsaturated/α-hetero) is 1. The smallest absolute Gasteiger partial charge is 0.261 e. The summed E-state index contributed by atoms with van der Waals surface area (Å²) in [5, 5.41) is 0. The Morgan fingerprint density at radius 2 is 1.52 bits per heavy atom. The SMILES string of the molecule is CC(=O)c1ccc(S(=O)(=O)Nc2cccc(S(=O)(=O)N(C)C)c2)cc1. The van der Waals surface area contributed by atoms with Crippen LogP contribution in [0.15, 0.2) is 58.3 Å². The molecule has 0 bridgehead atoms. The zero-order valence-corrected chi connectivity index (χ0v) is 15.6. The number of hydrogen-bond acceptors (Lipinski definition) is 5. The first kappa shape index (κ1) is 19.1. The lowest BCUT2D eigenvalue weighted by molar-refractivity contribution is 0.101. The van der Waals surface area contributed by atoms with Gasteiger partial charge in [-0.15, -0.1) is 0 Å². The summed E-state index contributed by atoms with van der Waals surface area (Å²) in [5.74, 6) is -0.168. The topological polar surface area (TPSA) is 101 Å². The van der Waals surface area contributed by atoms with E-state index in [1.807, 2.05) is 0 Å². The molecule has 0 aliphatic heterocycles. The molecular formula is C16H18N2O5S2. The minimum Gasteiger partial charge on any atom is -0.295 e. The first-order chi connectivity index (χ1) is 11.5. The summed E-state index contributed by atoms with van der Waals surface area (Å²) < 4.78 is 52.5. The van der Waals surface area contributed by atoms with E-state index in [0.29, 0.717) is 5.56 Å². The van der Waals surface area contributed by atoms with Crippen LogP contribution in [0, 0.1) is 0 Å². The number of sulfonamides is 2. The zero-order valence-electron chi connectivity index (χ0n) is 13.9. The van der Waals surface area contributed by atoms with E-state index in [9.17, 15) is 21.6 Å². The third kappa shape index (κ3) is 4.25. The van der Waals surface area contributed by atoms with Crippen LogP contribution < -0.4 is 4.72 Å². The van der Waals surface area contributed by atoms with Gasteiger partial charge in [-0.25, -0.2) is 21.1 Å². The third-order valence-electron chi connectivity index (χ3n) is 3.44. The van der Waals surface area contributed by atoms with Crippen LogP contribution in [0.2, 0.25) is 0 Å². The molecule has 0 spiro atoms. The summed E-state index contributed by atoms with van der Waals surface area (Å²) in [4.78, 5) is 11.2. The van der Waals surface area contributed by atoms with Crippen molar-refractivity contribution in [1.29, 1.82) is 0 Å². The molecule has 2 rings (SSSR count). The lowest BCUT2D eigenvalue weighted by Gasteiger charge is -2.13. The maximum Gasteiger partial charge on any atom is 0.261 e. The van der Waals surface area contributed by atoms with E-state index in [4.69, 9.17) is 0 Å². The van der Waals surface area contributed by atoms with Gasteiger partial charge >= 0.3 is 0 Å². The summed E-state index contributed by atoms with van der Waals surface area (Å²) in [6.07, 6.45) is 0. The van der Waals surface area contributed by atoms with Crippen molar-refractivity contribution < 1.29 is 21.6 Å². The van der Waals surface area contributed by atoms with Crippen molar-refractivity contribution in [2.45, 2.75) is 16.7 Å². The second kappa shape index (κ2) is 6.95. The number of hydrogen-bond donors (Lipinski definition) is 1. The molecule has 0 heterocycles. The second-order valence-corrected chi connectivity index (χ2v) is 9.34. The number of carbonyl (C=O) groups is 1. The van der Waals surface area contributed by atoms with Crippen molar-refractivity contribution in [3.05, 3.63) is 54.1 Å². The first-order valence-electron chi connectivity index (χ1n) is 7.20. The van der Waals surface area contributed by atoms with Crippen molar-refractivity contribution in [2.75, 3.05) is 18.8 Å². The van der Waals surface area contributed by atoms with Gasteiger partial charge in [0.1, 0.15) is 0 Å². The molecule has 0 saturated carbocycles. The van der Waals surface area contributed by atoms with Gasteiger partial charge in [0.05, 0.1) is 15.5 Å². The molecule has 9 heteroatoms. The maximum absolute atomic E-state index is 12.4. The minimum atomic E-state index is -3.91. The van der Waals surface area contributed by atoms with Crippen LogP contribution in [0.3, 0.4) is 0 Å². The Hall–Kier alpha value is -2.23. The predicted octanol–water partition coefficient (Wildman–Crippen LogP) is 1.94. The van der Waals surface area contributed by atoms with E-state index in [0.717, 1.165) is 4.31 Å². The van der Waals surface area contributed by atoms with Crippen LogP contribution in [-0.4, -0.2) is 41.0 Å². The van der Waals surface area contributed by atoms with Crippen LogP contribution in [0.25, 0.3) is 0 Å². The van der Waals surface area contributed by atoms with Crippen molar-refractivity contribution in [3.8, 4) is 0 Å². The summed E-state index contributed by atoms with van der Waals surface area (Å²) in [6, 6.07) is 11.0. The van der Waals surface area contributed by atoms with Gasteiger partial charge in [-0.3, -0.25) is 9.52 Å². The fourth-order valence-electron chi connectivity index (χ4n) is 2.01. The Bertz CT molecular complexity index is 995. The van der Waals surface area contributed by atoms with Gasteiger partial charge in [-0.2, -0.15) is 0 Å². The van der Waals surface area contributed by atoms with Crippen molar-refractivity contribution >= 4 is 31.5 Å². The molecule has 7 nitrogen and oxygen atoms in total. The van der Waals surface area contributed by atoms with Gasteiger partial charge in [-0.05, 0) is 37.3 Å². The van der Waals surface area contributed by atoms with Gasteiger partial charge in [-0.1, -0.05) is 18.2 Å². The number of rotatable bonds is 6. The lowest BCUT2D eigenvalue weighted by Crippen LogP contribution is -2.22. The molecule has 0 aliphatic carbocycles. The van der Waals surface area contributed by atoms with Crippen molar-refractivity contribution in [3.63, 3.8) is 0 Å². The molecule has 0 atom stereocenters. The van der Waals surface area contributed by atoms with E-state index in [1.54, 1.807) is 0 Å². The molecule has 0 saturated heterocycles. The number of anilines is 1. The third-order valence-corrected chi connectivity index (χ3v) is 6.64. The average Bonchev–Trinajstić information content (AvgIpc) is 2.54. The first-order valence-corrected chi connectivity index (χ1v) is 10.1. The van der Waals surface area contributed by atoms with Gasteiger partial charge in [0.2, 0.25) is 10.0 Å². The maximum atomic E-state index is 12.4. The van der Waals surface area contributed by atoms with Gasteiger partial charge in [0.15, 0.2) is 5.78 Å². The highest BCUT2D eigenvalue weighted by atomic mass is 32.2. The highest BCUT2D eigenvalue weighted by Gasteiger charge is 2.19. The van der Waals surface area contributed by atoms with Gasteiger partial charge in [0, 0.05) is 19.7 Å². The molecule has 25 heavy (non-hydrogen) atoms. The van der Waals surface area contributed by atoms with E-state index in [2.05, 4.69) is 4.72 Å². The Balaban J connectivity index is 2.34. The van der Waals surface area contributed by atoms with Crippen LogP contribution in [-0.2, 0) is 20.0 Å². The number of carbonyl (C=O) groups excluding carboxylic acids is 1. The Kier molecular flexibility index (Phi) is 5.31. The van der Waals surface area contributed by atoms with Crippen LogP contribution in [0.4, 0.5) is 5.69 Å². The number of nitrogens with one attached hydrogen (secondary N) is 1. The average molecular weight is 382 g/mol. The molecule has 0 aliphatic rings. The molecule has 1 N–H and O–H groups in total. The van der Waals surface area contributed by atoms with Crippen LogP contribution in [0.5, 0.6) is 0 Å². The molecule has 2 aromatic carbocycles. The zero-order chi connectivity index (χ0) is 18.8. The molecule has 134 valence electrons. The normalized spacial score (nSPS) is 12.2. The number of benzene rings is 2. The lowest BCUT2D eigenvalue weighted by atomic mass is 10.2. The largest absolute Gasteiger partial charge is 0.295 e. The highest BCUT2D eigenvalue weighted by Crippen LogP contribution is 2.21. The fraction of sp³-hybridized carbons (Fsp3) is 0.188. The predicted molar refractivity (Wildman–Crippen MR) is 94.6 cm³/mol. The van der Waals surface area contributed by atoms with Gasteiger partial charge in [0.25, 0.3) is 10.0 Å². The minimum absolute atomic E-state index is 0.0235. The van der Waals surface area contributed by atoms with Gasteiger partial charge < -0.3 is 0 Å². The summed E-state index contributed by atoms with van der Waals surface area (Å²) in [7, 11) is -4.80. The van der Waals surface area contributed by atoms with E-state index >= 15 is 0 Å².